The van der Waals surface area contributed by atoms with Gasteiger partial charge in [-0.2, -0.15) is 0 Å². The number of likely N-dealkylation sites (N-methyl/N-ethyl adjacent to an activating group) is 1. The molecule has 0 aliphatic carbocycles. The maximum Gasteiger partial charge on any atom is 0.204 e. The summed E-state index contributed by atoms with van der Waals surface area (Å²) in [5, 5.41) is 6.48. The van der Waals surface area contributed by atoms with Crippen molar-refractivity contribution >= 4 is 11.6 Å². The highest BCUT2D eigenvalue weighted by Gasteiger charge is 2.10. The van der Waals surface area contributed by atoms with Gasteiger partial charge in [0.25, 0.3) is 0 Å². The molecule has 0 fully saturated rings. The molecular weight excluding hydrogens is 230 g/mol. The first-order valence-electron chi connectivity index (χ1n) is 6.20. The Hall–Kier alpha value is -1.56. The Balaban J connectivity index is 2.71. The fraction of sp³-hybridized carbons (Fsp3) is 0.667. The van der Waals surface area contributed by atoms with Gasteiger partial charge in [0.05, 0.1) is 7.11 Å². The number of methoxy groups -OCH3 is 1. The zero-order chi connectivity index (χ0) is 13.4. The van der Waals surface area contributed by atoms with Crippen LogP contribution in [0.15, 0.2) is 6.33 Å². The van der Waals surface area contributed by atoms with E-state index >= 15 is 0 Å². The number of hydrogen-bond acceptors (Lipinski definition) is 6. The minimum atomic E-state index is 0.671. The Morgan fingerprint density at radius 1 is 1.17 bits per heavy atom. The molecule has 0 saturated heterocycles. The van der Waals surface area contributed by atoms with E-state index < -0.39 is 0 Å². The first-order valence-corrected chi connectivity index (χ1v) is 6.20. The lowest BCUT2D eigenvalue weighted by atomic mass is 10.4. The van der Waals surface area contributed by atoms with E-state index in [1.54, 1.807) is 13.4 Å². The smallest absolute Gasteiger partial charge is 0.204 e. The van der Waals surface area contributed by atoms with Crippen molar-refractivity contribution in [3.8, 4) is 5.75 Å². The predicted molar refractivity (Wildman–Crippen MR) is 74.4 cm³/mol. The molecule has 1 rings (SSSR count). The molecule has 1 aromatic rings. The lowest BCUT2D eigenvalue weighted by Crippen LogP contribution is -2.21. The first kappa shape index (κ1) is 14.5. The molecule has 1 aromatic heterocycles. The molecule has 0 radical (unpaired) electrons. The van der Waals surface area contributed by atoms with Gasteiger partial charge in [0.2, 0.25) is 5.75 Å². The SMILES string of the molecule is CCCNc1ncnc(NCCN(C)C)c1OC. The molecule has 0 aromatic carbocycles. The fourth-order valence-electron chi connectivity index (χ4n) is 1.46. The molecule has 0 aliphatic rings. The average molecular weight is 253 g/mol. The predicted octanol–water partition coefficient (Wildman–Crippen LogP) is 1.28. The third kappa shape index (κ3) is 4.37. The summed E-state index contributed by atoms with van der Waals surface area (Å²) in [6.45, 7) is 4.72. The summed E-state index contributed by atoms with van der Waals surface area (Å²) < 4.78 is 5.37. The largest absolute Gasteiger partial charge is 0.490 e. The number of hydrogen-bond donors (Lipinski definition) is 2. The number of nitrogens with zero attached hydrogens (tertiary/aromatic N) is 3. The quantitative estimate of drug-likeness (QED) is 0.728. The number of aromatic nitrogens is 2. The Labute approximate surface area is 109 Å². The van der Waals surface area contributed by atoms with Crippen LogP contribution in [-0.2, 0) is 0 Å². The number of anilines is 2. The second kappa shape index (κ2) is 7.71. The monoisotopic (exact) mass is 253 g/mol. The summed E-state index contributed by atoms with van der Waals surface area (Å²) in [4.78, 5) is 10.5. The van der Waals surface area contributed by atoms with E-state index in [4.69, 9.17) is 4.74 Å². The molecule has 6 heteroatoms. The van der Waals surface area contributed by atoms with Crippen LogP contribution < -0.4 is 15.4 Å². The second-order valence-corrected chi connectivity index (χ2v) is 4.26. The molecule has 0 unspecified atom stereocenters. The molecule has 18 heavy (non-hydrogen) atoms. The highest BCUT2D eigenvalue weighted by Crippen LogP contribution is 2.28. The van der Waals surface area contributed by atoms with E-state index in [-0.39, 0.29) is 0 Å². The van der Waals surface area contributed by atoms with Gasteiger partial charge in [0, 0.05) is 19.6 Å². The van der Waals surface area contributed by atoms with Crippen LogP contribution in [0.25, 0.3) is 0 Å². The van der Waals surface area contributed by atoms with Gasteiger partial charge in [0.1, 0.15) is 6.33 Å². The van der Waals surface area contributed by atoms with Gasteiger partial charge in [-0.15, -0.1) is 0 Å². The molecule has 102 valence electrons. The van der Waals surface area contributed by atoms with E-state index in [9.17, 15) is 0 Å². The van der Waals surface area contributed by atoms with Crippen molar-refractivity contribution in [1.29, 1.82) is 0 Å². The Kier molecular flexibility index (Phi) is 6.21. The third-order valence-electron chi connectivity index (χ3n) is 2.40. The highest BCUT2D eigenvalue weighted by atomic mass is 16.5. The summed E-state index contributed by atoms with van der Waals surface area (Å²) in [6.07, 6.45) is 2.58. The van der Waals surface area contributed by atoms with Gasteiger partial charge in [-0.25, -0.2) is 9.97 Å². The Morgan fingerprint density at radius 3 is 2.28 bits per heavy atom. The third-order valence-corrected chi connectivity index (χ3v) is 2.40. The fourth-order valence-corrected chi connectivity index (χ4v) is 1.46. The van der Waals surface area contributed by atoms with Gasteiger partial charge in [-0.1, -0.05) is 6.92 Å². The Morgan fingerprint density at radius 2 is 1.78 bits per heavy atom. The summed E-state index contributed by atoms with van der Waals surface area (Å²) in [7, 11) is 5.70. The van der Waals surface area contributed by atoms with Crippen LogP contribution in [-0.4, -0.2) is 55.7 Å². The van der Waals surface area contributed by atoms with Crippen LogP contribution in [0, 0.1) is 0 Å². The number of ether oxygens (including phenoxy) is 1. The highest BCUT2D eigenvalue weighted by molar-refractivity contribution is 5.63. The van der Waals surface area contributed by atoms with Crippen LogP contribution in [0.4, 0.5) is 11.6 Å². The number of nitrogens with one attached hydrogen (secondary N) is 2. The topological polar surface area (TPSA) is 62.3 Å². The summed E-state index contributed by atoms with van der Waals surface area (Å²) in [5.74, 6) is 2.14. The van der Waals surface area contributed by atoms with Gasteiger partial charge >= 0.3 is 0 Å². The van der Waals surface area contributed by atoms with Gasteiger partial charge in [0.15, 0.2) is 11.6 Å². The summed E-state index contributed by atoms with van der Waals surface area (Å²) in [6, 6.07) is 0. The van der Waals surface area contributed by atoms with Gasteiger partial charge < -0.3 is 20.3 Å². The Bertz CT molecular complexity index is 356. The van der Waals surface area contributed by atoms with Crippen molar-refractivity contribution in [3.63, 3.8) is 0 Å². The lowest BCUT2D eigenvalue weighted by Gasteiger charge is -2.15. The van der Waals surface area contributed by atoms with E-state index in [2.05, 4.69) is 32.4 Å². The molecule has 1 heterocycles. The van der Waals surface area contributed by atoms with Gasteiger partial charge in [-0.3, -0.25) is 0 Å². The van der Waals surface area contributed by atoms with Crippen molar-refractivity contribution in [2.45, 2.75) is 13.3 Å². The molecule has 0 bridgehead atoms. The molecule has 6 nitrogen and oxygen atoms in total. The zero-order valence-corrected chi connectivity index (χ0v) is 11.7. The van der Waals surface area contributed by atoms with Crippen molar-refractivity contribution in [2.24, 2.45) is 0 Å². The van der Waals surface area contributed by atoms with E-state index in [1.165, 1.54) is 0 Å². The molecule has 0 aliphatic heterocycles. The van der Waals surface area contributed by atoms with E-state index in [1.807, 2.05) is 14.1 Å². The van der Waals surface area contributed by atoms with Crippen LogP contribution in [0.5, 0.6) is 5.75 Å². The van der Waals surface area contributed by atoms with E-state index in [0.29, 0.717) is 5.75 Å². The zero-order valence-electron chi connectivity index (χ0n) is 11.7. The van der Waals surface area contributed by atoms with Crippen LogP contribution in [0.2, 0.25) is 0 Å². The second-order valence-electron chi connectivity index (χ2n) is 4.26. The van der Waals surface area contributed by atoms with Gasteiger partial charge in [-0.05, 0) is 20.5 Å². The summed E-state index contributed by atoms with van der Waals surface area (Å²) >= 11 is 0. The molecule has 0 spiro atoms. The molecular formula is C12H23N5O. The van der Waals surface area contributed by atoms with Crippen molar-refractivity contribution in [1.82, 2.24) is 14.9 Å². The minimum Gasteiger partial charge on any atom is -0.490 e. The van der Waals surface area contributed by atoms with Crippen molar-refractivity contribution in [2.75, 3.05) is 51.5 Å². The van der Waals surface area contributed by atoms with Crippen LogP contribution in [0.3, 0.4) is 0 Å². The summed E-state index contributed by atoms with van der Waals surface area (Å²) in [5.41, 5.74) is 0. The average Bonchev–Trinajstić information content (AvgIpc) is 2.36. The maximum atomic E-state index is 5.37. The van der Waals surface area contributed by atoms with Crippen molar-refractivity contribution in [3.05, 3.63) is 6.33 Å². The lowest BCUT2D eigenvalue weighted by molar-refractivity contribution is 0.411. The molecule has 0 atom stereocenters. The molecule has 0 amide bonds. The minimum absolute atomic E-state index is 0.671. The first-order chi connectivity index (χ1) is 8.69. The molecule has 2 N–H and O–H groups in total. The maximum absolute atomic E-state index is 5.37. The molecule has 0 saturated carbocycles. The standard InChI is InChI=1S/C12H23N5O/c1-5-6-13-11-10(18-4)12(16-9-15-11)14-7-8-17(2)3/h9H,5-8H2,1-4H3,(H2,13,14,15,16). The van der Waals surface area contributed by atoms with Crippen molar-refractivity contribution < 1.29 is 4.74 Å². The van der Waals surface area contributed by atoms with Crippen LogP contribution in [0.1, 0.15) is 13.3 Å². The van der Waals surface area contributed by atoms with Crippen LogP contribution >= 0.6 is 0 Å². The number of rotatable bonds is 8. The van der Waals surface area contributed by atoms with E-state index in [0.717, 1.165) is 37.7 Å². The normalized spacial score (nSPS) is 10.5.